The van der Waals surface area contributed by atoms with Crippen LogP contribution in [-0.2, 0) is 29.1 Å². The van der Waals surface area contributed by atoms with E-state index in [2.05, 4.69) is 16.5 Å². The van der Waals surface area contributed by atoms with Crippen LogP contribution in [0.3, 0.4) is 0 Å². The van der Waals surface area contributed by atoms with Crippen molar-refractivity contribution in [1.82, 2.24) is 14.3 Å². The van der Waals surface area contributed by atoms with Crippen LogP contribution in [0.2, 0.25) is 0 Å². The van der Waals surface area contributed by atoms with Crippen molar-refractivity contribution in [3.05, 3.63) is 68.6 Å². The van der Waals surface area contributed by atoms with Gasteiger partial charge in [0.15, 0.2) is 0 Å². The predicted molar refractivity (Wildman–Crippen MR) is 124 cm³/mol. The number of carboxylic acids is 1. The van der Waals surface area contributed by atoms with Crippen LogP contribution < -0.4 is 16.7 Å². The number of carbonyl (C=O) groups is 2. The second kappa shape index (κ2) is 11.5. The Morgan fingerprint density at radius 3 is 2.49 bits per heavy atom. The third kappa shape index (κ3) is 7.10. The van der Waals surface area contributed by atoms with Crippen LogP contribution in [0.25, 0.3) is 11.1 Å². The summed E-state index contributed by atoms with van der Waals surface area (Å²) in [4.78, 5) is 33.8. The molecule has 3 heterocycles. The third-order valence-corrected chi connectivity index (χ3v) is 6.13. The van der Waals surface area contributed by atoms with E-state index in [1.807, 2.05) is 23.6 Å². The summed E-state index contributed by atoms with van der Waals surface area (Å²) >= 11 is 1.50. The van der Waals surface area contributed by atoms with Gasteiger partial charge in [-0.3, -0.25) is 9.36 Å². The number of carbonyl (C=O) groups excluding carboxylic acids is 1. The lowest BCUT2D eigenvalue weighted by molar-refractivity contribution is -0.192. The number of fused-ring (bicyclic) bond motifs is 1. The number of hydrogen-bond acceptors (Lipinski definition) is 6. The summed E-state index contributed by atoms with van der Waals surface area (Å²) in [7, 11) is 0. The molecule has 0 spiro atoms. The molecule has 1 aliphatic rings. The van der Waals surface area contributed by atoms with E-state index in [0.29, 0.717) is 19.4 Å². The molecule has 4 rings (SSSR count). The van der Waals surface area contributed by atoms with Crippen molar-refractivity contribution in [3.8, 4) is 11.1 Å². The molecule has 0 saturated carbocycles. The number of hydrogen-bond donors (Lipinski definition) is 3. The van der Waals surface area contributed by atoms with Gasteiger partial charge in [0.1, 0.15) is 6.33 Å². The molecule has 15 heteroatoms. The Bertz CT molecular complexity index is 1390. The number of aliphatic carboxylic acids is 1. The van der Waals surface area contributed by atoms with Crippen LogP contribution >= 0.6 is 11.3 Å². The van der Waals surface area contributed by atoms with E-state index in [9.17, 15) is 31.5 Å². The second-order valence-electron chi connectivity index (χ2n) is 7.79. The maximum Gasteiger partial charge on any atom is 0.490 e. The highest BCUT2D eigenvalue weighted by Crippen LogP contribution is 2.31. The van der Waals surface area contributed by atoms with Crippen molar-refractivity contribution in [2.24, 2.45) is 5.73 Å². The van der Waals surface area contributed by atoms with Gasteiger partial charge in [-0.05, 0) is 46.7 Å². The van der Waals surface area contributed by atoms with Gasteiger partial charge in [-0.1, -0.05) is 6.07 Å². The molecular weight excluding hydrogens is 525 g/mol. The Kier molecular flexibility index (Phi) is 8.60. The monoisotopic (exact) mass is 545 g/mol. The lowest BCUT2D eigenvalue weighted by Crippen LogP contribution is -2.27. The van der Waals surface area contributed by atoms with Crippen LogP contribution in [0.15, 0.2) is 52.4 Å². The quantitative estimate of drug-likeness (QED) is 0.407. The van der Waals surface area contributed by atoms with Crippen LogP contribution in [-0.4, -0.2) is 44.1 Å². The zero-order chi connectivity index (χ0) is 27.3. The number of anilines is 1. The number of thiophene rings is 1. The van der Waals surface area contributed by atoms with Crippen LogP contribution in [0.5, 0.6) is 0 Å². The zero-order valence-corrected chi connectivity index (χ0v) is 19.7. The number of halogens is 5. The first kappa shape index (κ1) is 27.7. The van der Waals surface area contributed by atoms with Crippen molar-refractivity contribution in [2.45, 2.75) is 32.1 Å². The molecule has 2 aromatic heterocycles. The Balaban J connectivity index is 0.000000479. The summed E-state index contributed by atoms with van der Waals surface area (Å²) in [6, 6.07) is 7.91. The molecule has 0 radical (unpaired) electrons. The molecule has 4 N–H and O–H groups in total. The van der Waals surface area contributed by atoms with E-state index >= 15 is 0 Å². The second-order valence-corrected chi connectivity index (χ2v) is 8.79. The number of carboxylic acid groups (broad SMARTS) is 1. The maximum absolute atomic E-state index is 12.8. The molecule has 9 nitrogen and oxygen atoms in total. The molecule has 1 amide bonds. The molecule has 0 bridgehead atoms. The van der Waals surface area contributed by atoms with Crippen molar-refractivity contribution in [3.63, 3.8) is 0 Å². The average molecular weight is 545 g/mol. The Hall–Kier alpha value is -3.85. The van der Waals surface area contributed by atoms with E-state index in [1.165, 1.54) is 22.2 Å². The average Bonchev–Trinajstić information content (AvgIpc) is 3.44. The van der Waals surface area contributed by atoms with Crippen molar-refractivity contribution < 1.29 is 36.6 Å². The fourth-order valence-electron chi connectivity index (χ4n) is 3.32. The summed E-state index contributed by atoms with van der Waals surface area (Å²) in [5, 5.41) is 15.9. The molecule has 3 aromatic rings. The summed E-state index contributed by atoms with van der Waals surface area (Å²) in [5.74, 6) is -2.73. The highest BCUT2D eigenvalue weighted by Gasteiger charge is 2.38. The molecule has 0 unspecified atom stereocenters. The first-order valence-corrected chi connectivity index (χ1v) is 11.4. The Morgan fingerprint density at radius 2 is 1.86 bits per heavy atom. The van der Waals surface area contributed by atoms with Crippen LogP contribution in [0.4, 0.5) is 27.6 Å². The number of nitrogens with two attached hydrogens (primary N) is 1. The number of nitrogens with one attached hydrogen (secondary N) is 1. The van der Waals surface area contributed by atoms with E-state index in [4.69, 9.17) is 15.6 Å². The number of aryl methyl sites for hydroxylation is 1. The summed E-state index contributed by atoms with van der Waals surface area (Å²) in [6.45, 7) is -0.364. The van der Waals surface area contributed by atoms with Gasteiger partial charge < -0.3 is 16.2 Å². The van der Waals surface area contributed by atoms with Gasteiger partial charge in [0.25, 0.3) is 6.08 Å². The fourth-order valence-corrected chi connectivity index (χ4v) is 4.21. The molecule has 0 saturated heterocycles. The first-order chi connectivity index (χ1) is 17.4. The van der Waals surface area contributed by atoms with Gasteiger partial charge in [0.05, 0.1) is 13.1 Å². The number of aromatic nitrogens is 3. The third-order valence-electron chi connectivity index (χ3n) is 5.21. The minimum absolute atomic E-state index is 0.0300. The molecule has 37 heavy (non-hydrogen) atoms. The number of benzene rings is 1. The van der Waals surface area contributed by atoms with Crippen LogP contribution in [0.1, 0.15) is 16.9 Å². The molecule has 198 valence electrons. The summed E-state index contributed by atoms with van der Waals surface area (Å²) < 4.78 is 59.7. The highest BCUT2D eigenvalue weighted by atomic mass is 32.1. The minimum Gasteiger partial charge on any atom is -0.475 e. The van der Waals surface area contributed by atoms with Crippen molar-refractivity contribution in [2.75, 3.05) is 11.9 Å². The fraction of sp³-hybridized carbons (Fsp3) is 0.273. The molecular formula is C22H20F5N5O4S. The zero-order valence-electron chi connectivity index (χ0n) is 18.9. The summed E-state index contributed by atoms with van der Waals surface area (Å²) in [6.07, 6.45) is -4.44. The smallest absolute Gasteiger partial charge is 0.475 e. The number of nitrogens with zero attached hydrogens (tertiary/aromatic N) is 3. The minimum atomic E-state index is -5.08. The van der Waals surface area contributed by atoms with E-state index in [-0.39, 0.29) is 24.6 Å². The number of rotatable bonds is 6. The molecule has 1 aromatic carbocycles. The van der Waals surface area contributed by atoms with Crippen LogP contribution in [0, 0.1) is 0 Å². The van der Waals surface area contributed by atoms with E-state index in [1.54, 1.807) is 0 Å². The van der Waals surface area contributed by atoms with E-state index < -0.39 is 23.9 Å². The SMILES string of the molecule is NCC(Cn1ncn(Cc2cc(-c3ccc4c(c3)CCC(=O)N4)cs2)c1=O)=C(F)F.O=C(O)C(F)(F)F. The number of alkyl halides is 3. The lowest BCUT2D eigenvalue weighted by Gasteiger charge is -2.17. The maximum atomic E-state index is 12.8. The first-order valence-electron chi connectivity index (χ1n) is 10.5. The van der Waals surface area contributed by atoms with Gasteiger partial charge in [-0.2, -0.15) is 27.1 Å². The Labute approximate surface area is 209 Å². The predicted octanol–water partition coefficient (Wildman–Crippen LogP) is 3.45. The topological polar surface area (TPSA) is 132 Å². The summed E-state index contributed by atoms with van der Waals surface area (Å²) in [5.41, 5.74) is 8.51. The van der Waals surface area contributed by atoms with Gasteiger partial charge in [-0.25, -0.2) is 14.3 Å². The normalized spacial score (nSPS) is 12.8. The van der Waals surface area contributed by atoms with Crippen molar-refractivity contribution >= 4 is 28.9 Å². The molecule has 0 atom stereocenters. The van der Waals surface area contributed by atoms with Gasteiger partial charge in [0, 0.05) is 29.1 Å². The van der Waals surface area contributed by atoms with E-state index in [0.717, 1.165) is 31.9 Å². The van der Waals surface area contributed by atoms with Gasteiger partial charge in [-0.15, -0.1) is 11.3 Å². The van der Waals surface area contributed by atoms with Gasteiger partial charge in [0.2, 0.25) is 5.91 Å². The molecule has 0 aliphatic carbocycles. The standard InChI is InChI=1S/C20H19F2N5O2S.C2HF3O2/c21-19(22)15(7-23)8-27-20(29)26(11-24-27)9-16-6-14(10-30-16)12-1-3-17-13(5-12)2-4-18(28)25-17;3-2(4,5)1(6)7/h1,3,5-6,10-11H,2,4,7-9,23H2,(H,25,28);(H,6,7). The highest BCUT2D eigenvalue weighted by molar-refractivity contribution is 7.10. The lowest BCUT2D eigenvalue weighted by atomic mass is 9.98. The van der Waals surface area contributed by atoms with Crippen molar-refractivity contribution in [1.29, 1.82) is 0 Å². The molecule has 0 fully saturated rings. The Morgan fingerprint density at radius 1 is 1.16 bits per heavy atom. The molecule has 1 aliphatic heterocycles. The van der Waals surface area contributed by atoms with Gasteiger partial charge >= 0.3 is 17.8 Å². The largest absolute Gasteiger partial charge is 0.490 e. The number of amides is 1.